The molecule has 0 saturated heterocycles. The second-order valence-electron chi connectivity index (χ2n) is 5.14. The molecule has 2 aromatic carbocycles. The number of hydrogen-bond donors (Lipinski definition) is 2. The number of halogens is 3. The normalized spacial score (nSPS) is 11.0. The second kappa shape index (κ2) is 7.44. The Morgan fingerprint density at radius 2 is 1.81 bits per heavy atom. The Bertz CT molecular complexity index is 871. The molecule has 0 aliphatic heterocycles. The quantitative estimate of drug-likeness (QED) is 0.586. The number of carbonyl (C=O) groups excluding carboxylic acids is 1. The van der Waals surface area contributed by atoms with Crippen LogP contribution in [0, 0.1) is 10.1 Å². The third kappa shape index (κ3) is 3.94. The van der Waals surface area contributed by atoms with Gasteiger partial charge in [0.15, 0.2) is 0 Å². The van der Waals surface area contributed by atoms with E-state index in [0.717, 1.165) is 18.2 Å². The predicted octanol–water partition coefficient (Wildman–Crippen LogP) is 3.35. The molecule has 0 bridgehead atoms. The van der Waals surface area contributed by atoms with Gasteiger partial charge in [-0.25, -0.2) is 4.79 Å². The van der Waals surface area contributed by atoms with Crippen LogP contribution >= 0.6 is 11.6 Å². The number of rotatable bonds is 6. The highest BCUT2D eigenvalue weighted by Crippen LogP contribution is 2.30. The summed E-state index contributed by atoms with van der Waals surface area (Å²) in [6, 6.07) is 7.75. The van der Waals surface area contributed by atoms with Crippen molar-refractivity contribution in [3.05, 3.63) is 74.3 Å². The number of para-hydroxylation sites is 1. The Hall–Kier alpha value is -3.07. The summed E-state index contributed by atoms with van der Waals surface area (Å²) in [5, 5.41) is 22.2. The van der Waals surface area contributed by atoms with Crippen LogP contribution in [0.3, 0.4) is 0 Å². The SMILES string of the molecule is O=C(O)c1cccc(CNC(=O)C(F)(F)c2ccc(Cl)cc2)c1[N+](=O)[O-]. The lowest BCUT2D eigenvalue weighted by atomic mass is 10.1. The number of amides is 1. The van der Waals surface area contributed by atoms with E-state index in [1.165, 1.54) is 24.3 Å². The fourth-order valence-corrected chi connectivity index (χ4v) is 2.32. The number of hydrogen-bond acceptors (Lipinski definition) is 4. The number of benzene rings is 2. The fourth-order valence-electron chi connectivity index (χ4n) is 2.20. The zero-order valence-corrected chi connectivity index (χ0v) is 13.7. The minimum atomic E-state index is -3.90. The number of carbonyl (C=O) groups is 2. The summed E-state index contributed by atoms with van der Waals surface area (Å²) in [5.74, 6) is -7.13. The number of carboxylic acids is 1. The van der Waals surface area contributed by atoms with Crippen LogP contribution in [0.5, 0.6) is 0 Å². The van der Waals surface area contributed by atoms with Crippen LogP contribution < -0.4 is 5.32 Å². The van der Waals surface area contributed by atoms with Crippen LogP contribution in [-0.4, -0.2) is 21.9 Å². The lowest BCUT2D eigenvalue weighted by Crippen LogP contribution is -2.37. The van der Waals surface area contributed by atoms with Crippen LogP contribution in [0.2, 0.25) is 5.02 Å². The largest absolute Gasteiger partial charge is 0.477 e. The molecule has 0 radical (unpaired) electrons. The molecule has 0 aromatic heterocycles. The molecule has 136 valence electrons. The van der Waals surface area contributed by atoms with Crippen molar-refractivity contribution < 1.29 is 28.4 Å². The van der Waals surface area contributed by atoms with E-state index in [-0.39, 0.29) is 10.6 Å². The van der Waals surface area contributed by atoms with Gasteiger partial charge in [0, 0.05) is 22.7 Å². The van der Waals surface area contributed by atoms with Crippen LogP contribution in [0.25, 0.3) is 0 Å². The highest BCUT2D eigenvalue weighted by atomic mass is 35.5. The zero-order valence-electron chi connectivity index (χ0n) is 12.9. The van der Waals surface area contributed by atoms with Gasteiger partial charge in [0.25, 0.3) is 11.6 Å². The number of nitrogens with one attached hydrogen (secondary N) is 1. The van der Waals surface area contributed by atoms with E-state index in [4.69, 9.17) is 16.7 Å². The number of aromatic carboxylic acids is 1. The van der Waals surface area contributed by atoms with Gasteiger partial charge in [-0.2, -0.15) is 8.78 Å². The molecule has 0 heterocycles. The van der Waals surface area contributed by atoms with Crippen molar-refractivity contribution in [1.29, 1.82) is 0 Å². The maximum absolute atomic E-state index is 14.2. The molecule has 2 aromatic rings. The number of nitrogens with zero attached hydrogens (tertiary/aromatic N) is 1. The molecule has 2 rings (SSSR count). The van der Waals surface area contributed by atoms with Crippen molar-refractivity contribution in [2.45, 2.75) is 12.5 Å². The smallest absolute Gasteiger partial charge is 0.349 e. The van der Waals surface area contributed by atoms with Crippen LogP contribution in [-0.2, 0) is 17.3 Å². The summed E-state index contributed by atoms with van der Waals surface area (Å²) in [4.78, 5) is 33.1. The Kier molecular flexibility index (Phi) is 5.51. The minimum Gasteiger partial charge on any atom is -0.477 e. The lowest BCUT2D eigenvalue weighted by molar-refractivity contribution is -0.385. The predicted molar refractivity (Wildman–Crippen MR) is 87.2 cm³/mol. The van der Waals surface area contributed by atoms with E-state index in [1.54, 1.807) is 0 Å². The first-order chi connectivity index (χ1) is 12.1. The van der Waals surface area contributed by atoms with Gasteiger partial charge >= 0.3 is 11.9 Å². The van der Waals surface area contributed by atoms with Gasteiger partial charge in [0.2, 0.25) is 0 Å². The molecule has 0 aliphatic carbocycles. The molecule has 1 amide bonds. The summed E-state index contributed by atoms with van der Waals surface area (Å²) in [7, 11) is 0. The van der Waals surface area contributed by atoms with Crippen molar-refractivity contribution in [2.24, 2.45) is 0 Å². The molecule has 0 atom stereocenters. The first kappa shape index (κ1) is 19.3. The van der Waals surface area contributed by atoms with Gasteiger partial charge in [0.05, 0.1) is 4.92 Å². The van der Waals surface area contributed by atoms with Crippen molar-refractivity contribution >= 4 is 29.2 Å². The van der Waals surface area contributed by atoms with Gasteiger partial charge in [0.1, 0.15) is 5.56 Å². The third-order valence-corrected chi connectivity index (χ3v) is 3.72. The number of carboxylic acid groups (broad SMARTS) is 1. The maximum atomic E-state index is 14.2. The number of nitro benzene ring substituents is 1. The van der Waals surface area contributed by atoms with Gasteiger partial charge in [-0.05, 0) is 18.2 Å². The van der Waals surface area contributed by atoms with Gasteiger partial charge < -0.3 is 10.4 Å². The first-order valence-corrected chi connectivity index (χ1v) is 7.44. The van der Waals surface area contributed by atoms with E-state index >= 15 is 0 Å². The van der Waals surface area contributed by atoms with Crippen molar-refractivity contribution in [1.82, 2.24) is 5.32 Å². The van der Waals surface area contributed by atoms with Gasteiger partial charge in [-0.1, -0.05) is 35.9 Å². The van der Waals surface area contributed by atoms with Crippen LogP contribution in [0.4, 0.5) is 14.5 Å². The first-order valence-electron chi connectivity index (χ1n) is 7.06. The van der Waals surface area contributed by atoms with E-state index in [2.05, 4.69) is 0 Å². The van der Waals surface area contributed by atoms with E-state index in [0.29, 0.717) is 0 Å². The molecular formula is C16H11ClF2N2O5. The summed E-state index contributed by atoms with van der Waals surface area (Å²) >= 11 is 5.61. The Morgan fingerprint density at radius 3 is 2.35 bits per heavy atom. The Labute approximate surface area is 150 Å². The molecule has 7 nitrogen and oxygen atoms in total. The summed E-state index contributed by atoms with van der Waals surface area (Å²) in [6.45, 7) is -0.639. The Morgan fingerprint density at radius 1 is 1.19 bits per heavy atom. The second-order valence-corrected chi connectivity index (χ2v) is 5.58. The third-order valence-electron chi connectivity index (χ3n) is 3.46. The van der Waals surface area contributed by atoms with Crippen molar-refractivity contribution in [3.8, 4) is 0 Å². The number of nitro groups is 1. The summed E-state index contributed by atoms with van der Waals surface area (Å²) in [6.07, 6.45) is 0. The highest BCUT2D eigenvalue weighted by molar-refractivity contribution is 6.30. The molecule has 0 saturated carbocycles. The highest BCUT2D eigenvalue weighted by Gasteiger charge is 2.40. The molecular weight excluding hydrogens is 374 g/mol. The van der Waals surface area contributed by atoms with Crippen molar-refractivity contribution in [2.75, 3.05) is 0 Å². The molecule has 0 unspecified atom stereocenters. The Balaban J connectivity index is 2.24. The number of alkyl halides is 2. The minimum absolute atomic E-state index is 0.213. The van der Waals surface area contributed by atoms with Gasteiger partial charge in [-0.3, -0.25) is 14.9 Å². The van der Waals surface area contributed by atoms with Crippen LogP contribution in [0.15, 0.2) is 42.5 Å². The standard InChI is InChI=1S/C16H11ClF2N2O5/c17-11-6-4-10(5-7-11)16(18,19)15(24)20-8-9-2-1-3-12(14(22)23)13(9)21(25)26/h1-7H,8H2,(H,20,24)(H,22,23). The molecule has 2 N–H and O–H groups in total. The van der Waals surface area contributed by atoms with E-state index < -0.39 is 46.1 Å². The van der Waals surface area contributed by atoms with E-state index in [9.17, 15) is 28.5 Å². The molecule has 10 heteroatoms. The molecule has 0 aliphatic rings. The van der Waals surface area contributed by atoms with Gasteiger partial charge in [-0.15, -0.1) is 0 Å². The fraction of sp³-hybridized carbons (Fsp3) is 0.125. The topological polar surface area (TPSA) is 110 Å². The summed E-state index contributed by atoms with van der Waals surface area (Å²) in [5.41, 5.74) is -2.19. The van der Waals surface area contributed by atoms with Crippen LogP contribution in [0.1, 0.15) is 21.5 Å². The average Bonchev–Trinajstić information content (AvgIpc) is 2.59. The summed E-state index contributed by atoms with van der Waals surface area (Å²) < 4.78 is 28.3. The molecule has 0 spiro atoms. The zero-order chi connectivity index (χ0) is 19.5. The maximum Gasteiger partial charge on any atom is 0.349 e. The van der Waals surface area contributed by atoms with Crippen molar-refractivity contribution in [3.63, 3.8) is 0 Å². The molecule has 26 heavy (non-hydrogen) atoms. The van der Waals surface area contributed by atoms with E-state index in [1.807, 2.05) is 5.32 Å². The average molecular weight is 385 g/mol. The lowest BCUT2D eigenvalue weighted by Gasteiger charge is -2.16. The monoisotopic (exact) mass is 384 g/mol. The molecule has 0 fully saturated rings.